The molecule has 1 heterocycles. The van der Waals surface area contributed by atoms with Crippen LogP contribution in [-0.2, 0) is 4.79 Å². The lowest BCUT2D eigenvalue weighted by atomic mass is 10.1. The first-order chi connectivity index (χ1) is 8.43. The fraction of sp³-hybridized carbons (Fsp3) is 0.308. The van der Waals surface area contributed by atoms with Gasteiger partial charge in [-0.1, -0.05) is 12.1 Å². The molecule has 0 aliphatic carbocycles. The molecular formula is C13H14FNO3. The van der Waals surface area contributed by atoms with Crippen LogP contribution in [0.1, 0.15) is 31.6 Å². The number of aliphatic carboxylic acids is 1. The van der Waals surface area contributed by atoms with Crippen LogP contribution in [0.15, 0.2) is 24.4 Å². The molecule has 1 aromatic heterocycles. The van der Waals surface area contributed by atoms with Gasteiger partial charge in [-0.05, 0) is 19.9 Å². The van der Waals surface area contributed by atoms with Crippen molar-refractivity contribution in [2.24, 2.45) is 0 Å². The van der Waals surface area contributed by atoms with Crippen molar-refractivity contribution >= 4 is 16.9 Å². The molecule has 0 radical (unpaired) electrons. The van der Waals surface area contributed by atoms with Gasteiger partial charge in [0.05, 0.1) is 5.52 Å². The van der Waals surface area contributed by atoms with Gasteiger partial charge in [0.1, 0.15) is 5.82 Å². The third kappa shape index (κ3) is 1.86. The standard InChI is InChI=1S/C13H14FNO3/c1-7(2)15-6-9(12(16)13(17)18)8-4-3-5-10(14)11(8)15/h3-7,12,16H,1-2H3,(H,17,18). The number of nitrogens with zero attached hydrogens (tertiary/aromatic N) is 1. The summed E-state index contributed by atoms with van der Waals surface area (Å²) in [7, 11) is 0. The lowest BCUT2D eigenvalue weighted by molar-refractivity contribution is -0.146. The largest absolute Gasteiger partial charge is 0.479 e. The maximum atomic E-state index is 13.8. The fourth-order valence-electron chi connectivity index (χ4n) is 2.05. The highest BCUT2D eigenvalue weighted by molar-refractivity contribution is 5.89. The molecule has 0 aliphatic rings. The Bertz CT molecular complexity index is 604. The molecule has 0 aliphatic heterocycles. The van der Waals surface area contributed by atoms with Gasteiger partial charge in [0, 0.05) is 23.2 Å². The van der Waals surface area contributed by atoms with Gasteiger partial charge in [-0.3, -0.25) is 0 Å². The number of fused-ring (bicyclic) bond motifs is 1. The number of aliphatic hydroxyl groups excluding tert-OH is 1. The first-order valence-electron chi connectivity index (χ1n) is 5.63. The molecule has 0 amide bonds. The highest BCUT2D eigenvalue weighted by Crippen LogP contribution is 2.30. The molecule has 1 unspecified atom stereocenters. The summed E-state index contributed by atoms with van der Waals surface area (Å²) in [6, 6.07) is 4.40. The summed E-state index contributed by atoms with van der Waals surface area (Å²) in [5.41, 5.74) is 0.536. The van der Waals surface area contributed by atoms with E-state index in [1.54, 1.807) is 10.6 Å². The van der Waals surface area contributed by atoms with E-state index < -0.39 is 17.9 Å². The van der Waals surface area contributed by atoms with E-state index in [0.29, 0.717) is 10.9 Å². The number of para-hydroxylation sites is 1. The van der Waals surface area contributed by atoms with E-state index in [2.05, 4.69) is 0 Å². The van der Waals surface area contributed by atoms with Crippen LogP contribution in [0, 0.1) is 5.82 Å². The highest BCUT2D eigenvalue weighted by atomic mass is 19.1. The summed E-state index contributed by atoms with van der Waals surface area (Å²) in [5.74, 6) is -1.77. The minimum Gasteiger partial charge on any atom is -0.479 e. The SMILES string of the molecule is CC(C)n1cc(C(O)C(=O)O)c2cccc(F)c21. The van der Waals surface area contributed by atoms with Gasteiger partial charge in [0.2, 0.25) is 0 Å². The molecule has 18 heavy (non-hydrogen) atoms. The second kappa shape index (κ2) is 4.42. The summed E-state index contributed by atoms with van der Waals surface area (Å²) in [5, 5.41) is 18.9. The third-order valence-electron chi connectivity index (χ3n) is 2.92. The monoisotopic (exact) mass is 251 g/mol. The average Bonchev–Trinajstić information content (AvgIpc) is 2.69. The predicted octanol–water partition coefficient (Wildman–Crippen LogP) is 2.48. The second-order valence-corrected chi connectivity index (χ2v) is 4.46. The first kappa shape index (κ1) is 12.6. The van der Waals surface area contributed by atoms with Crippen LogP contribution >= 0.6 is 0 Å². The molecular weight excluding hydrogens is 237 g/mol. The number of carboxylic acid groups (broad SMARTS) is 1. The maximum absolute atomic E-state index is 13.8. The zero-order valence-electron chi connectivity index (χ0n) is 10.1. The zero-order valence-corrected chi connectivity index (χ0v) is 10.1. The number of aromatic nitrogens is 1. The molecule has 2 aromatic rings. The van der Waals surface area contributed by atoms with E-state index in [1.807, 2.05) is 13.8 Å². The van der Waals surface area contributed by atoms with Crippen molar-refractivity contribution in [3.05, 3.63) is 35.8 Å². The van der Waals surface area contributed by atoms with Gasteiger partial charge in [-0.15, -0.1) is 0 Å². The zero-order chi connectivity index (χ0) is 13.4. The van der Waals surface area contributed by atoms with Crippen molar-refractivity contribution in [2.75, 3.05) is 0 Å². The molecule has 0 bridgehead atoms. The van der Waals surface area contributed by atoms with E-state index in [0.717, 1.165) is 0 Å². The Morgan fingerprint density at radius 3 is 2.61 bits per heavy atom. The Hall–Kier alpha value is -1.88. The van der Waals surface area contributed by atoms with Crippen molar-refractivity contribution in [3.63, 3.8) is 0 Å². The molecule has 5 heteroatoms. The molecule has 0 saturated carbocycles. The Morgan fingerprint density at radius 1 is 1.39 bits per heavy atom. The van der Waals surface area contributed by atoms with Crippen LogP contribution in [0.25, 0.3) is 10.9 Å². The van der Waals surface area contributed by atoms with Crippen molar-refractivity contribution < 1.29 is 19.4 Å². The Labute approximate surface area is 103 Å². The summed E-state index contributed by atoms with van der Waals surface area (Å²) < 4.78 is 15.5. The molecule has 2 N–H and O–H groups in total. The number of rotatable bonds is 3. The second-order valence-electron chi connectivity index (χ2n) is 4.46. The smallest absolute Gasteiger partial charge is 0.337 e. The Morgan fingerprint density at radius 2 is 2.06 bits per heavy atom. The van der Waals surface area contributed by atoms with Gasteiger partial charge in [0.25, 0.3) is 0 Å². The minimum atomic E-state index is -1.64. The summed E-state index contributed by atoms with van der Waals surface area (Å²) in [4.78, 5) is 10.9. The number of halogens is 1. The van der Waals surface area contributed by atoms with E-state index >= 15 is 0 Å². The topological polar surface area (TPSA) is 62.5 Å². The Balaban J connectivity index is 2.77. The van der Waals surface area contributed by atoms with Gasteiger partial charge in [-0.25, -0.2) is 9.18 Å². The Kier molecular flexibility index (Phi) is 3.09. The number of aliphatic hydroxyl groups is 1. The van der Waals surface area contributed by atoms with Crippen molar-refractivity contribution in [1.82, 2.24) is 4.57 Å². The molecule has 4 nitrogen and oxygen atoms in total. The molecule has 2 rings (SSSR count). The van der Waals surface area contributed by atoms with Crippen LogP contribution in [-0.4, -0.2) is 20.7 Å². The molecule has 1 aromatic carbocycles. The number of hydrogen-bond donors (Lipinski definition) is 2. The summed E-state index contributed by atoms with van der Waals surface area (Å²) in [6.45, 7) is 3.73. The average molecular weight is 251 g/mol. The van der Waals surface area contributed by atoms with E-state index in [9.17, 15) is 14.3 Å². The van der Waals surface area contributed by atoms with E-state index in [-0.39, 0.29) is 11.6 Å². The van der Waals surface area contributed by atoms with Crippen LogP contribution in [0.5, 0.6) is 0 Å². The van der Waals surface area contributed by atoms with Gasteiger partial charge in [-0.2, -0.15) is 0 Å². The highest BCUT2D eigenvalue weighted by Gasteiger charge is 2.23. The number of hydrogen-bond acceptors (Lipinski definition) is 2. The lowest BCUT2D eigenvalue weighted by Gasteiger charge is -2.09. The predicted molar refractivity (Wildman–Crippen MR) is 64.9 cm³/mol. The van der Waals surface area contributed by atoms with Gasteiger partial charge < -0.3 is 14.8 Å². The van der Waals surface area contributed by atoms with Crippen molar-refractivity contribution in [2.45, 2.75) is 26.0 Å². The summed E-state index contributed by atoms with van der Waals surface area (Å²) >= 11 is 0. The number of carbonyl (C=O) groups is 1. The van der Waals surface area contributed by atoms with E-state index in [4.69, 9.17) is 5.11 Å². The van der Waals surface area contributed by atoms with Gasteiger partial charge >= 0.3 is 5.97 Å². The third-order valence-corrected chi connectivity index (χ3v) is 2.92. The molecule has 0 saturated heterocycles. The van der Waals surface area contributed by atoms with Crippen LogP contribution in [0.2, 0.25) is 0 Å². The normalized spacial score (nSPS) is 13.2. The summed E-state index contributed by atoms with van der Waals surface area (Å²) in [6.07, 6.45) is -0.147. The van der Waals surface area contributed by atoms with Gasteiger partial charge in [0.15, 0.2) is 6.10 Å². The molecule has 96 valence electrons. The van der Waals surface area contributed by atoms with Crippen molar-refractivity contribution in [3.8, 4) is 0 Å². The lowest BCUT2D eigenvalue weighted by Crippen LogP contribution is -2.10. The number of carboxylic acids is 1. The quantitative estimate of drug-likeness (QED) is 0.880. The fourth-order valence-corrected chi connectivity index (χ4v) is 2.05. The maximum Gasteiger partial charge on any atom is 0.337 e. The molecule has 0 fully saturated rings. The van der Waals surface area contributed by atoms with E-state index in [1.165, 1.54) is 18.3 Å². The molecule has 0 spiro atoms. The number of benzene rings is 1. The van der Waals surface area contributed by atoms with Crippen LogP contribution < -0.4 is 0 Å². The van der Waals surface area contributed by atoms with Crippen LogP contribution in [0.4, 0.5) is 4.39 Å². The van der Waals surface area contributed by atoms with Crippen molar-refractivity contribution in [1.29, 1.82) is 0 Å². The minimum absolute atomic E-state index is 0.0286. The molecule has 1 atom stereocenters. The van der Waals surface area contributed by atoms with Crippen LogP contribution in [0.3, 0.4) is 0 Å². The first-order valence-corrected chi connectivity index (χ1v) is 5.63.